The largest absolute Gasteiger partial charge is 0.495 e. The Morgan fingerprint density at radius 1 is 0.864 bits per heavy atom. The van der Waals surface area contributed by atoms with Crippen molar-refractivity contribution in [2.24, 2.45) is 0 Å². The van der Waals surface area contributed by atoms with E-state index in [-0.39, 0.29) is 19.8 Å². The third-order valence-corrected chi connectivity index (χ3v) is 8.90. The van der Waals surface area contributed by atoms with Gasteiger partial charge in [0.2, 0.25) is 0 Å². The summed E-state index contributed by atoms with van der Waals surface area (Å²) in [7, 11) is -0.446. The standard InChI is InChI=1S/C35H36BClN2O5/c1-22-26(9-7-10-28(22)29-11-8-12-30(23(29)2)36-43-34(3,4)35(5,6)44-36)21-42-33-15-32(27(19-40)14-31(33)37)41-20-25-13-24(16-38)17-39-18-25/h7-15,17-18,40H,19-21H2,1-6H3. The van der Waals surface area contributed by atoms with E-state index in [2.05, 4.69) is 70.8 Å². The van der Waals surface area contributed by atoms with Crippen molar-refractivity contribution in [1.29, 1.82) is 5.26 Å². The highest BCUT2D eigenvalue weighted by Crippen LogP contribution is 2.38. The van der Waals surface area contributed by atoms with Crippen LogP contribution in [0.3, 0.4) is 0 Å². The number of aliphatic hydroxyl groups is 1. The van der Waals surface area contributed by atoms with Crippen molar-refractivity contribution in [3.8, 4) is 28.7 Å². The molecule has 1 fully saturated rings. The molecule has 0 saturated carbocycles. The molecule has 0 atom stereocenters. The van der Waals surface area contributed by atoms with E-state index in [9.17, 15) is 5.11 Å². The van der Waals surface area contributed by atoms with Gasteiger partial charge in [-0.05, 0) is 87.0 Å². The first-order valence-corrected chi connectivity index (χ1v) is 14.9. The molecule has 4 aromatic rings. The lowest BCUT2D eigenvalue weighted by Gasteiger charge is -2.32. The molecule has 44 heavy (non-hydrogen) atoms. The number of aromatic nitrogens is 1. The van der Waals surface area contributed by atoms with Crippen LogP contribution in [0.1, 0.15) is 61.1 Å². The van der Waals surface area contributed by atoms with E-state index in [1.165, 1.54) is 6.20 Å². The number of nitriles is 1. The van der Waals surface area contributed by atoms with Gasteiger partial charge in [-0.3, -0.25) is 4.98 Å². The van der Waals surface area contributed by atoms with Crippen LogP contribution in [0, 0.1) is 25.2 Å². The number of pyridine rings is 1. The van der Waals surface area contributed by atoms with E-state index in [0.29, 0.717) is 27.6 Å². The predicted octanol–water partition coefficient (Wildman–Crippen LogP) is 6.84. The lowest BCUT2D eigenvalue weighted by molar-refractivity contribution is 0.00578. The van der Waals surface area contributed by atoms with Crippen molar-refractivity contribution in [3.63, 3.8) is 0 Å². The fraction of sp³-hybridized carbons (Fsp3) is 0.314. The average Bonchev–Trinajstić information content (AvgIpc) is 3.22. The van der Waals surface area contributed by atoms with Gasteiger partial charge in [-0.15, -0.1) is 0 Å². The fourth-order valence-electron chi connectivity index (χ4n) is 5.19. The number of rotatable bonds is 9. The summed E-state index contributed by atoms with van der Waals surface area (Å²) < 4.78 is 24.9. The summed E-state index contributed by atoms with van der Waals surface area (Å²) in [6.07, 6.45) is 3.13. The molecule has 0 bridgehead atoms. The van der Waals surface area contributed by atoms with Gasteiger partial charge in [-0.25, -0.2) is 0 Å². The lowest BCUT2D eigenvalue weighted by atomic mass is 9.74. The summed E-state index contributed by atoms with van der Waals surface area (Å²) in [4.78, 5) is 4.07. The van der Waals surface area contributed by atoms with Crippen molar-refractivity contribution >= 4 is 24.2 Å². The SMILES string of the molecule is Cc1c(COc2cc(OCc3cncc(C#N)c3)c(CO)cc2Cl)cccc1-c1cccc(B2OC(C)(C)C(C)(C)O2)c1C. The summed E-state index contributed by atoms with van der Waals surface area (Å²) in [5.41, 5.74) is 7.28. The van der Waals surface area contributed by atoms with Crippen LogP contribution in [-0.4, -0.2) is 28.4 Å². The van der Waals surface area contributed by atoms with E-state index in [0.717, 1.165) is 38.8 Å². The normalized spacial score (nSPS) is 15.2. The second-order valence-corrected chi connectivity index (χ2v) is 12.4. The van der Waals surface area contributed by atoms with E-state index in [4.69, 9.17) is 35.6 Å². The number of benzene rings is 3. The van der Waals surface area contributed by atoms with Gasteiger partial charge in [-0.1, -0.05) is 48.0 Å². The smallest absolute Gasteiger partial charge is 0.488 e. The van der Waals surface area contributed by atoms with Crippen LogP contribution in [0.2, 0.25) is 5.02 Å². The van der Waals surface area contributed by atoms with Crippen LogP contribution in [0.25, 0.3) is 11.1 Å². The Kier molecular flexibility index (Phi) is 9.06. The molecule has 2 heterocycles. The van der Waals surface area contributed by atoms with Gasteiger partial charge in [0.15, 0.2) is 0 Å². The van der Waals surface area contributed by atoms with Crippen LogP contribution >= 0.6 is 11.6 Å². The second kappa shape index (κ2) is 12.6. The Morgan fingerprint density at radius 2 is 1.52 bits per heavy atom. The molecule has 0 amide bonds. The zero-order valence-electron chi connectivity index (χ0n) is 25.9. The minimum atomic E-state index is -0.446. The van der Waals surface area contributed by atoms with Gasteiger partial charge >= 0.3 is 7.12 Å². The highest BCUT2D eigenvalue weighted by atomic mass is 35.5. The molecule has 7 nitrogen and oxygen atoms in total. The van der Waals surface area contributed by atoms with Crippen LogP contribution < -0.4 is 14.9 Å². The second-order valence-electron chi connectivity index (χ2n) is 12.0. The van der Waals surface area contributed by atoms with E-state index >= 15 is 0 Å². The lowest BCUT2D eigenvalue weighted by Crippen LogP contribution is -2.41. The number of nitrogens with zero attached hydrogens (tertiary/aromatic N) is 2. The van der Waals surface area contributed by atoms with Gasteiger partial charge in [0.1, 0.15) is 30.8 Å². The molecule has 1 aliphatic rings. The third kappa shape index (κ3) is 6.33. The molecule has 1 aliphatic heterocycles. The Balaban J connectivity index is 1.37. The molecule has 0 radical (unpaired) electrons. The van der Waals surface area contributed by atoms with Crippen molar-refractivity contribution in [2.45, 2.75) is 72.6 Å². The zero-order chi connectivity index (χ0) is 31.6. The molecular weight excluding hydrogens is 575 g/mol. The minimum absolute atomic E-state index is 0.169. The molecule has 5 rings (SSSR count). The molecule has 1 aromatic heterocycles. The minimum Gasteiger partial charge on any atom is -0.488 e. The third-order valence-electron chi connectivity index (χ3n) is 8.61. The number of ether oxygens (including phenoxy) is 2. The fourth-order valence-corrected chi connectivity index (χ4v) is 5.43. The van der Waals surface area contributed by atoms with Gasteiger partial charge < -0.3 is 23.9 Å². The Morgan fingerprint density at radius 3 is 2.20 bits per heavy atom. The Bertz CT molecular complexity index is 1720. The summed E-state index contributed by atoms with van der Waals surface area (Å²) in [5.74, 6) is 0.876. The van der Waals surface area contributed by atoms with Crippen LogP contribution in [-0.2, 0) is 29.1 Å². The maximum absolute atomic E-state index is 9.91. The summed E-state index contributed by atoms with van der Waals surface area (Å²) in [5, 5.41) is 19.4. The number of aliphatic hydroxyl groups excluding tert-OH is 1. The Labute approximate surface area is 264 Å². The van der Waals surface area contributed by atoms with Gasteiger partial charge in [0.25, 0.3) is 0 Å². The average molecular weight is 611 g/mol. The molecule has 1 saturated heterocycles. The first-order valence-electron chi connectivity index (χ1n) is 14.5. The Hall–Kier alpha value is -3.87. The summed E-state index contributed by atoms with van der Waals surface area (Å²) >= 11 is 6.55. The predicted molar refractivity (Wildman–Crippen MR) is 172 cm³/mol. The molecule has 9 heteroatoms. The quantitative estimate of drug-likeness (QED) is 0.207. The molecule has 0 spiro atoms. The van der Waals surface area contributed by atoms with Crippen LogP contribution in [0.15, 0.2) is 67.0 Å². The monoisotopic (exact) mass is 610 g/mol. The molecular formula is C35H36BClN2O5. The topological polar surface area (TPSA) is 93.8 Å². The maximum Gasteiger partial charge on any atom is 0.495 e. The summed E-state index contributed by atoms with van der Waals surface area (Å²) in [6.45, 7) is 12.6. The molecule has 0 unspecified atom stereocenters. The van der Waals surface area contributed by atoms with Gasteiger partial charge in [-0.2, -0.15) is 5.26 Å². The first kappa shape index (κ1) is 31.6. The van der Waals surface area contributed by atoms with Crippen molar-refractivity contribution in [3.05, 3.63) is 105 Å². The van der Waals surface area contributed by atoms with Crippen LogP contribution in [0.4, 0.5) is 0 Å². The molecule has 3 aromatic carbocycles. The van der Waals surface area contributed by atoms with Gasteiger partial charge in [0, 0.05) is 29.6 Å². The molecule has 1 N–H and O–H groups in total. The van der Waals surface area contributed by atoms with E-state index in [1.807, 2.05) is 18.2 Å². The van der Waals surface area contributed by atoms with Crippen molar-refractivity contribution in [1.82, 2.24) is 4.98 Å². The van der Waals surface area contributed by atoms with E-state index < -0.39 is 18.3 Å². The highest BCUT2D eigenvalue weighted by molar-refractivity contribution is 6.62. The van der Waals surface area contributed by atoms with E-state index in [1.54, 1.807) is 24.4 Å². The van der Waals surface area contributed by atoms with Gasteiger partial charge in [0.05, 0.1) is 28.4 Å². The zero-order valence-corrected chi connectivity index (χ0v) is 26.7. The molecule has 0 aliphatic carbocycles. The summed E-state index contributed by atoms with van der Waals surface area (Å²) in [6, 6.07) is 19.5. The van der Waals surface area contributed by atoms with Crippen molar-refractivity contribution < 1.29 is 23.9 Å². The highest BCUT2D eigenvalue weighted by Gasteiger charge is 2.52. The number of hydrogen-bond acceptors (Lipinski definition) is 7. The maximum atomic E-state index is 9.91. The number of halogens is 1. The van der Waals surface area contributed by atoms with Crippen LogP contribution in [0.5, 0.6) is 11.5 Å². The van der Waals surface area contributed by atoms with Crippen molar-refractivity contribution in [2.75, 3.05) is 0 Å². The first-order chi connectivity index (χ1) is 20.9. The number of hydrogen-bond donors (Lipinski definition) is 1. The molecule has 226 valence electrons.